The molecule has 2 saturated heterocycles. The Morgan fingerprint density at radius 3 is 2.22 bits per heavy atom. The van der Waals surface area contributed by atoms with E-state index in [0.29, 0.717) is 28.8 Å². The molecule has 2 bridgehead atoms. The number of carbonyl (C=O) groups excluding carboxylic acids is 4. The van der Waals surface area contributed by atoms with Crippen LogP contribution < -0.4 is 14.5 Å². The highest BCUT2D eigenvalue weighted by molar-refractivity contribution is 6.23. The Balaban J connectivity index is 1.07. The summed E-state index contributed by atoms with van der Waals surface area (Å²) >= 11 is 0. The Bertz CT molecular complexity index is 1310. The molecule has 7 heteroatoms. The maximum Gasteiger partial charge on any atom is 0.316 e. The van der Waals surface area contributed by atoms with Gasteiger partial charge < -0.3 is 9.64 Å². The monoisotopic (exact) mass is 482 g/mol. The molecule has 3 amide bonds. The molecule has 182 valence electrons. The number of imide groups is 1. The summed E-state index contributed by atoms with van der Waals surface area (Å²) in [6.45, 7) is 2.09. The summed E-state index contributed by atoms with van der Waals surface area (Å²) in [5.41, 5.74) is 2.01. The van der Waals surface area contributed by atoms with Crippen LogP contribution >= 0.6 is 0 Å². The van der Waals surface area contributed by atoms with E-state index in [1.54, 1.807) is 23.1 Å². The van der Waals surface area contributed by atoms with Crippen molar-refractivity contribution in [2.45, 2.75) is 19.8 Å². The van der Waals surface area contributed by atoms with Crippen LogP contribution in [0.2, 0.25) is 0 Å². The van der Waals surface area contributed by atoms with Gasteiger partial charge in [0.05, 0.1) is 23.4 Å². The molecule has 8 rings (SSSR count). The fourth-order valence-electron chi connectivity index (χ4n) is 7.06. The van der Waals surface area contributed by atoms with Gasteiger partial charge in [0, 0.05) is 18.7 Å². The molecule has 4 fully saturated rings. The number of para-hydroxylation sites is 1. The minimum Gasteiger partial charge on any atom is -0.426 e. The lowest BCUT2D eigenvalue weighted by atomic mass is 9.63. The molecule has 0 aromatic heterocycles. The van der Waals surface area contributed by atoms with Crippen LogP contribution in [-0.4, -0.2) is 30.2 Å². The van der Waals surface area contributed by atoms with E-state index in [-0.39, 0.29) is 54.4 Å². The second kappa shape index (κ2) is 7.63. The first kappa shape index (κ1) is 21.5. The molecular formula is C29H26N2O5. The quantitative estimate of drug-likeness (QED) is 0.288. The summed E-state index contributed by atoms with van der Waals surface area (Å²) in [5, 5.41) is 0. The lowest BCUT2D eigenvalue weighted by molar-refractivity contribution is -0.139. The van der Waals surface area contributed by atoms with Gasteiger partial charge in [0.15, 0.2) is 0 Å². The van der Waals surface area contributed by atoms with Crippen molar-refractivity contribution in [3.8, 4) is 5.75 Å². The molecule has 6 aliphatic rings. The van der Waals surface area contributed by atoms with Gasteiger partial charge in [0.1, 0.15) is 5.75 Å². The van der Waals surface area contributed by atoms with Crippen LogP contribution in [0.15, 0.2) is 60.7 Å². The number of rotatable bonds is 4. The molecule has 0 radical (unpaired) electrons. The summed E-state index contributed by atoms with van der Waals surface area (Å²) in [7, 11) is 0. The highest BCUT2D eigenvalue weighted by Crippen LogP contribution is 2.65. The zero-order chi connectivity index (χ0) is 24.7. The first-order valence-corrected chi connectivity index (χ1v) is 12.7. The van der Waals surface area contributed by atoms with Crippen LogP contribution in [0.1, 0.15) is 18.4 Å². The van der Waals surface area contributed by atoms with Gasteiger partial charge in [-0.1, -0.05) is 30.4 Å². The summed E-state index contributed by atoms with van der Waals surface area (Å²) in [6, 6.07) is 14.3. The molecule has 7 atom stereocenters. The number of benzene rings is 2. The fourth-order valence-corrected chi connectivity index (χ4v) is 7.06. The molecule has 2 saturated carbocycles. The largest absolute Gasteiger partial charge is 0.426 e. The zero-order valence-corrected chi connectivity index (χ0v) is 19.9. The molecule has 7 nitrogen and oxygen atoms in total. The SMILES string of the molecule is Cc1cc(OC(=O)[C@@H]2CC(=O)N(c3ccccc3)C2)ccc1N1C(=O)[C@@H]2[C@H]3C=C[C@@H]([C@@H]4C[C@H]34)[C@@H]2C1=O. The molecular weight excluding hydrogens is 456 g/mol. The summed E-state index contributed by atoms with van der Waals surface area (Å²) in [6.07, 6.45) is 5.56. The normalized spacial score (nSPS) is 33.7. The number of aryl methyl sites for hydroxylation is 1. The Labute approximate surface area is 208 Å². The standard InChI is InChI=1S/C29H26N2O5/c1-15-11-18(36-29(35)16-12-24(32)30(14-16)17-5-3-2-4-6-17)7-10-23(15)31-27(33)25-19-8-9-20(22-13-21(19)22)26(25)28(31)34/h2-11,16,19-22,25-26H,12-14H2,1H3/t16-,19+,20+,21-,22+,25-,26+/m1/s1. The average Bonchev–Trinajstić information content (AvgIpc) is 3.56. The van der Waals surface area contributed by atoms with Crippen LogP contribution in [0.5, 0.6) is 5.75 Å². The molecule has 2 aromatic rings. The van der Waals surface area contributed by atoms with Crippen molar-refractivity contribution in [1.29, 1.82) is 0 Å². The molecule has 0 N–H and O–H groups in total. The predicted molar refractivity (Wildman–Crippen MR) is 131 cm³/mol. The van der Waals surface area contributed by atoms with Gasteiger partial charge >= 0.3 is 5.97 Å². The number of carbonyl (C=O) groups is 4. The molecule has 0 spiro atoms. The lowest BCUT2D eigenvalue weighted by Crippen LogP contribution is -2.40. The van der Waals surface area contributed by atoms with E-state index < -0.39 is 11.9 Å². The number of hydrogen-bond acceptors (Lipinski definition) is 5. The Morgan fingerprint density at radius 1 is 0.917 bits per heavy atom. The number of nitrogens with zero attached hydrogens (tertiary/aromatic N) is 2. The van der Waals surface area contributed by atoms with E-state index in [1.165, 1.54) is 4.90 Å². The third kappa shape index (κ3) is 3.04. The van der Waals surface area contributed by atoms with E-state index in [0.717, 1.165) is 12.1 Å². The van der Waals surface area contributed by atoms with Crippen molar-refractivity contribution < 1.29 is 23.9 Å². The van der Waals surface area contributed by atoms with Crippen molar-refractivity contribution in [3.63, 3.8) is 0 Å². The number of esters is 1. The van der Waals surface area contributed by atoms with E-state index in [2.05, 4.69) is 12.2 Å². The maximum atomic E-state index is 13.4. The Hall–Kier alpha value is -3.74. The minimum atomic E-state index is -0.558. The number of ether oxygens (including phenoxy) is 1. The van der Waals surface area contributed by atoms with Gasteiger partial charge in [0.2, 0.25) is 17.7 Å². The second-order valence-electron chi connectivity index (χ2n) is 10.8. The number of anilines is 2. The van der Waals surface area contributed by atoms with E-state index in [4.69, 9.17) is 4.74 Å². The molecule has 2 aliphatic heterocycles. The topological polar surface area (TPSA) is 84.0 Å². The third-order valence-corrected chi connectivity index (χ3v) is 8.82. The van der Waals surface area contributed by atoms with E-state index >= 15 is 0 Å². The van der Waals surface area contributed by atoms with Crippen LogP contribution in [0, 0.1) is 48.3 Å². The van der Waals surface area contributed by atoms with Gasteiger partial charge in [-0.2, -0.15) is 0 Å². The molecule has 2 aromatic carbocycles. The summed E-state index contributed by atoms with van der Waals surface area (Å²) < 4.78 is 5.63. The highest BCUT2D eigenvalue weighted by atomic mass is 16.5. The first-order valence-electron chi connectivity index (χ1n) is 12.7. The van der Waals surface area contributed by atoms with E-state index in [9.17, 15) is 19.2 Å². The van der Waals surface area contributed by atoms with Gasteiger partial charge in [-0.15, -0.1) is 0 Å². The van der Waals surface area contributed by atoms with Crippen LogP contribution in [0.4, 0.5) is 11.4 Å². The van der Waals surface area contributed by atoms with Crippen LogP contribution in [0.25, 0.3) is 0 Å². The maximum absolute atomic E-state index is 13.4. The van der Waals surface area contributed by atoms with Gasteiger partial charge in [-0.05, 0) is 72.9 Å². The Morgan fingerprint density at radius 2 is 1.58 bits per heavy atom. The molecule has 0 unspecified atom stereocenters. The summed E-state index contributed by atoms with van der Waals surface area (Å²) in [4.78, 5) is 55.1. The zero-order valence-electron chi connectivity index (χ0n) is 19.9. The van der Waals surface area contributed by atoms with Gasteiger partial charge in [-0.3, -0.25) is 19.2 Å². The van der Waals surface area contributed by atoms with E-state index in [1.807, 2.05) is 37.3 Å². The predicted octanol–water partition coefficient (Wildman–Crippen LogP) is 3.51. The molecule has 4 aliphatic carbocycles. The van der Waals surface area contributed by atoms with Crippen LogP contribution in [-0.2, 0) is 19.2 Å². The third-order valence-electron chi connectivity index (χ3n) is 8.82. The smallest absolute Gasteiger partial charge is 0.316 e. The first-order chi connectivity index (χ1) is 17.4. The minimum absolute atomic E-state index is 0.0999. The van der Waals surface area contributed by atoms with Gasteiger partial charge in [-0.25, -0.2) is 4.90 Å². The van der Waals surface area contributed by atoms with Crippen molar-refractivity contribution in [2.24, 2.45) is 41.4 Å². The summed E-state index contributed by atoms with van der Waals surface area (Å²) in [5.74, 6) is -0.0283. The van der Waals surface area contributed by atoms with Crippen molar-refractivity contribution in [1.82, 2.24) is 0 Å². The van der Waals surface area contributed by atoms with Gasteiger partial charge in [0.25, 0.3) is 0 Å². The van der Waals surface area contributed by atoms with Crippen LogP contribution in [0.3, 0.4) is 0 Å². The number of hydrogen-bond donors (Lipinski definition) is 0. The van der Waals surface area contributed by atoms with Crippen molar-refractivity contribution >= 4 is 35.1 Å². The fraction of sp³-hybridized carbons (Fsp3) is 0.379. The average molecular weight is 483 g/mol. The molecule has 36 heavy (non-hydrogen) atoms. The number of amides is 3. The Kier molecular flexibility index (Phi) is 4.56. The number of allylic oxidation sites excluding steroid dienone is 2. The second-order valence-corrected chi connectivity index (χ2v) is 10.8. The lowest BCUT2D eigenvalue weighted by Gasteiger charge is -2.37. The van der Waals surface area contributed by atoms with Crippen molar-refractivity contribution in [3.05, 3.63) is 66.2 Å². The van der Waals surface area contributed by atoms with Crippen molar-refractivity contribution in [2.75, 3.05) is 16.3 Å². The highest BCUT2D eigenvalue weighted by Gasteiger charge is 2.67. The molecule has 2 heterocycles.